The van der Waals surface area contributed by atoms with Gasteiger partial charge in [0.15, 0.2) is 0 Å². The van der Waals surface area contributed by atoms with Crippen LogP contribution >= 0.6 is 0 Å². The van der Waals surface area contributed by atoms with Crippen LogP contribution in [0.4, 0.5) is 11.4 Å². The molecule has 0 spiro atoms. The molecule has 2 N–H and O–H groups in total. The fraction of sp³-hybridized carbons (Fsp3) is 0.360. The molecule has 6 nitrogen and oxygen atoms in total. The quantitative estimate of drug-likeness (QED) is 0.630. The lowest BCUT2D eigenvalue weighted by Gasteiger charge is -2.39. The molecule has 1 aliphatic carbocycles. The largest absolute Gasteiger partial charge is 0.494 e. The minimum absolute atomic E-state index is 0.163. The van der Waals surface area contributed by atoms with Crippen LogP contribution in [0.2, 0.25) is 0 Å². The molecule has 0 amide bonds. The summed E-state index contributed by atoms with van der Waals surface area (Å²) in [7, 11) is 0. The second-order valence-electron chi connectivity index (χ2n) is 8.50. The lowest BCUT2D eigenvalue weighted by molar-refractivity contribution is 0.187. The lowest BCUT2D eigenvalue weighted by Crippen LogP contribution is -2.49. The van der Waals surface area contributed by atoms with Crippen molar-refractivity contribution in [2.75, 3.05) is 31.1 Å². The molecule has 1 saturated heterocycles. The summed E-state index contributed by atoms with van der Waals surface area (Å²) < 4.78 is 0. The second kappa shape index (κ2) is 8.55. The van der Waals surface area contributed by atoms with Crippen LogP contribution in [0.25, 0.3) is 10.8 Å². The van der Waals surface area contributed by atoms with Crippen LogP contribution in [0.15, 0.2) is 58.3 Å². The molecular weight excluding hydrogens is 388 g/mol. The number of nitrogens with zero attached hydrogens (tertiary/aromatic N) is 3. The van der Waals surface area contributed by atoms with Crippen molar-refractivity contribution in [3.8, 4) is 5.88 Å². The second-order valence-corrected chi connectivity index (χ2v) is 8.50. The van der Waals surface area contributed by atoms with Crippen molar-refractivity contribution in [1.29, 1.82) is 0 Å². The predicted octanol–water partition coefficient (Wildman–Crippen LogP) is 4.05. The first kappa shape index (κ1) is 19.8. The number of benzene rings is 2. The SMILES string of the molecule is O=c1[nH]c(O)c(C=Nc2ccc(N3CCN(C4CCCC4)CC3)cc2)c2ccccc12. The number of piperazine rings is 1. The maximum Gasteiger partial charge on any atom is 0.258 e. The van der Waals surface area contributed by atoms with Gasteiger partial charge in [-0.3, -0.25) is 19.7 Å². The molecule has 3 aromatic rings. The third kappa shape index (κ3) is 4.08. The summed E-state index contributed by atoms with van der Waals surface area (Å²) in [5.74, 6) is -0.163. The van der Waals surface area contributed by atoms with Gasteiger partial charge < -0.3 is 10.0 Å². The first-order valence-corrected chi connectivity index (χ1v) is 11.2. The number of aliphatic imine (C=N–C) groups is 1. The molecule has 1 aliphatic heterocycles. The van der Waals surface area contributed by atoms with E-state index in [9.17, 15) is 9.90 Å². The number of anilines is 1. The first-order valence-electron chi connectivity index (χ1n) is 11.2. The van der Waals surface area contributed by atoms with Crippen LogP contribution in [-0.2, 0) is 0 Å². The normalized spacial score (nSPS) is 18.4. The van der Waals surface area contributed by atoms with Gasteiger partial charge in [-0.15, -0.1) is 0 Å². The Balaban J connectivity index is 1.29. The number of aromatic nitrogens is 1. The van der Waals surface area contributed by atoms with Crippen LogP contribution < -0.4 is 10.5 Å². The van der Waals surface area contributed by atoms with Crippen LogP contribution in [0.1, 0.15) is 31.2 Å². The summed E-state index contributed by atoms with van der Waals surface area (Å²) in [6.45, 7) is 4.42. The molecule has 2 heterocycles. The van der Waals surface area contributed by atoms with E-state index in [1.165, 1.54) is 31.4 Å². The average Bonchev–Trinajstić information content (AvgIpc) is 3.35. The van der Waals surface area contributed by atoms with Crippen molar-refractivity contribution in [3.05, 3.63) is 64.4 Å². The number of hydrogen-bond donors (Lipinski definition) is 2. The smallest absolute Gasteiger partial charge is 0.258 e. The highest BCUT2D eigenvalue weighted by Gasteiger charge is 2.26. The summed E-state index contributed by atoms with van der Waals surface area (Å²) in [6.07, 6.45) is 7.13. The molecule has 31 heavy (non-hydrogen) atoms. The summed E-state index contributed by atoms with van der Waals surface area (Å²) in [5.41, 5.74) is 2.25. The number of fused-ring (bicyclic) bond motifs is 1. The molecule has 2 aliphatic rings. The molecule has 0 atom stereocenters. The van der Waals surface area contributed by atoms with Gasteiger partial charge in [0, 0.05) is 54.9 Å². The van der Waals surface area contributed by atoms with Gasteiger partial charge in [-0.1, -0.05) is 31.0 Å². The minimum Gasteiger partial charge on any atom is -0.494 e. The van der Waals surface area contributed by atoms with Gasteiger partial charge in [-0.05, 0) is 43.2 Å². The molecule has 5 rings (SSSR count). The minimum atomic E-state index is -0.303. The van der Waals surface area contributed by atoms with Crippen molar-refractivity contribution in [1.82, 2.24) is 9.88 Å². The molecule has 0 bridgehead atoms. The predicted molar refractivity (Wildman–Crippen MR) is 126 cm³/mol. The monoisotopic (exact) mass is 416 g/mol. The fourth-order valence-electron chi connectivity index (χ4n) is 4.92. The van der Waals surface area contributed by atoms with Crippen LogP contribution in [0, 0.1) is 0 Å². The molecule has 0 unspecified atom stereocenters. The highest BCUT2D eigenvalue weighted by molar-refractivity contribution is 6.01. The van der Waals surface area contributed by atoms with Crippen LogP contribution in [0.3, 0.4) is 0 Å². The maximum absolute atomic E-state index is 12.0. The number of hydrogen-bond acceptors (Lipinski definition) is 5. The van der Waals surface area contributed by atoms with Crippen LogP contribution in [0.5, 0.6) is 5.88 Å². The van der Waals surface area contributed by atoms with E-state index in [4.69, 9.17) is 0 Å². The van der Waals surface area contributed by atoms with E-state index < -0.39 is 0 Å². The maximum atomic E-state index is 12.0. The Kier molecular flexibility index (Phi) is 5.47. The summed E-state index contributed by atoms with van der Waals surface area (Å²) in [5, 5.41) is 11.4. The third-order valence-electron chi connectivity index (χ3n) is 6.66. The average molecular weight is 417 g/mol. The molecule has 2 aromatic carbocycles. The van der Waals surface area contributed by atoms with Gasteiger partial charge in [0.1, 0.15) is 0 Å². The van der Waals surface area contributed by atoms with E-state index >= 15 is 0 Å². The number of nitrogens with one attached hydrogen (secondary N) is 1. The number of H-pyrrole nitrogens is 1. The van der Waals surface area contributed by atoms with Crippen LogP contribution in [-0.4, -0.2) is 53.4 Å². The number of aromatic hydroxyl groups is 1. The van der Waals surface area contributed by atoms with E-state index in [2.05, 4.69) is 31.9 Å². The Hall–Kier alpha value is -3.12. The molecule has 1 aromatic heterocycles. The Labute approximate surface area is 181 Å². The molecule has 160 valence electrons. The highest BCUT2D eigenvalue weighted by Crippen LogP contribution is 2.27. The van der Waals surface area contributed by atoms with E-state index in [0.29, 0.717) is 16.3 Å². The van der Waals surface area contributed by atoms with Gasteiger partial charge in [0.2, 0.25) is 5.88 Å². The van der Waals surface area contributed by atoms with Crippen molar-refractivity contribution < 1.29 is 5.11 Å². The first-order chi connectivity index (χ1) is 15.2. The molecular formula is C25H28N4O2. The zero-order valence-electron chi connectivity index (χ0n) is 17.6. The molecule has 1 saturated carbocycles. The zero-order valence-corrected chi connectivity index (χ0v) is 17.6. The topological polar surface area (TPSA) is 71.9 Å². The van der Waals surface area contributed by atoms with Crippen molar-refractivity contribution >= 4 is 28.4 Å². The number of aromatic amines is 1. The van der Waals surface area contributed by atoms with Gasteiger partial charge in [0.25, 0.3) is 5.56 Å². The Morgan fingerprint density at radius 2 is 1.61 bits per heavy atom. The standard InChI is InChI=1S/C25H28N4O2/c30-24-22-8-4-3-7-21(22)23(25(31)27-24)17-26-18-9-11-20(12-10-18)29-15-13-28(14-16-29)19-5-1-2-6-19/h3-4,7-12,17,19H,1-2,5-6,13-16H2,(H2,27,30,31). The summed E-state index contributed by atoms with van der Waals surface area (Å²) in [6, 6.07) is 16.2. The summed E-state index contributed by atoms with van der Waals surface area (Å²) >= 11 is 0. The summed E-state index contributed by atoms with van der Waals surface area (Å²) in [4.78, 5) is 24.2. The Morgan fingerprint density at radius 3 is 2.32 bits per heavy atom. The van der Waals surface area contributed by atoms with Gasteiger partial charge in [-0.25, -0.2) is 0 Å². The fourth-order valence-corrected chi connectivity index (χ4v) is 4.92. The van der Waals surface area contributed by atoms with Crippen molar-refractivity contribution in [3.63, 3.8) is 0 Å². The van der Waals surface area contributed by atoms with E-state index in [1.54, 1.807) is 12.3 Å². The lowest BCUT2D eigenvalue weighted by atomic mass is 10.1. The Bertz CT molecular complexity index is 1140. The van der Waals surface area contributed by atoms with Gasteiger partial charge in [0.05, 0.1) is 11.3 Å². The molecule has 0 radical (unpaired) electrons. The number of pyridine rings is 1. The van der Waals surface area contributed by atoms with Crippen molar-refractivity contribution in [2.45, 2.75) is 31.7 Å². The number of rotatable bonds is 4. The highest BCUT2D eigenvalue weighted by atomic mass is 16.3. The zero-order chi connectivity index (χ0) is 21.2. The van der Waals surface area contributed by atoms with Gasteiger partial charge >= 0.3 is 0 Å². The van der Waals surface area contributed by atoms with E-state index in [-0.39, 0.29) is 11.4 Å². The Morgan fingerprint density at radius 1 is 0.935 bits per heavy atom. The van der Waals surface area contributed by atoms with Crippen molar-refractivity contribution in [2.24, 2.45) is 4.99 Å². The third-order valence-corrected chi connectivity index (χ3v) is 6.66. The molecule has 6 heteroatoms. The van der Waals surface area contributed by atoms with E-state index in [0.717, 1.165) is 37.9 Å². The van der Waals surface area contributed by atoms with E-state index in [1.807, 2.05) is 30.3 Å². The van der Waals surface area contributed by atoms with Gasteiger partial charge in [-0.2, -0.15) is 0 Å². The molecule has 2 fully saturated rings.